The van der Waals surface area contributed by atoms with Crippen molar-refractivity contribution in [3.63, 3.8) is 0 Å². The van der Waals surface area contributed by atoms with Crippen LogP contribution in [0.1, 0.15) is 11.3 Å². The lowest BCUT2D eigenvalue weighted by Gasteiger charge is -2.19. The van der Waals surface area contributed by atoms with Gasteiger partial charge in [-0.2, -0.15) is 0 Å². The molecule has 0 spiro atoms. The van der Waals surface area contributed by atoms with E-state index in [-0.39, 0.29) is 5.91 Å². The van der Waals surface area contributed by atoms with Gasteiger partial charge in [-0.1, -0.05) is 29.5 Å². The Morgan fingerprint density at radius 1 is 1.17 bits per heavy atom. The number of thioether (sulfide) groups is 1. The topological polar surface area (TPSA) is 55.6 Å². The van der Waals surface area contributed by atoms with Gasteiger partial charge in [0, 0.05) is 4.90 Å². The maximum atomic E-state index is 13.2. The van der Waals surface area contributed by atoms with Crippen LogP contribution in [-0.2, 0) is 17.8 Å². The van der Waals surface area contributed by atoms with Crippen LogP contribution in [0.4, 0.5) is 5.13 Å². The molecule has 2 aromatic heterocycles. The number of amides is 1. The Morgan fingerprint density at radius 2 is 2.00 bits per heavy atom. The number of thiazole rings is 1. The van der Waals surface area contributed by atoms with E-state index in [1.165, 1.54) is 16.2 Å². The van der Waals surface area contributed by atoms with E-state index in [9.17, 15) is 4.79 Å². The molecule has 0 bridgehead atoms. The third-order valence-electron chi connectivity index (χ3n) is 4.53. The van der Waals surface area contributed by atoms with Crippen molar-refractivity contribution in [1.29, 1.82) is 0 Å². The number of hydrogen-bond donors (Lipinski definition) is 0. The Hall–Kier alpha value is -2.77. The summed E-state index contributed by atoms with van der Waals surface area (Å²) in [5, 5.41) is 0.631. The second-order valence-corrected chi connectivity index (χ2v) is 8.28. The normalized spacial score (nSPS) is 11.0. The molecule has 0 aliphatic rings. The predicted octanol–water partition coefficient (Wildman–Crippen LogP) is 5.40. The van der Waals surface area contributed by atoms with Crippen LogP contribution in [0.3, 0.4) is 0 Å². The van der Waals surface area contributed by atoms with Crippen molar-refractivity contribution in [1.82, 2.24) is 4.98 Å². The summed E-state index contributed by atoms with van der Waals surface area (Å²) in [5.41, 5.74) is 1.73. The number of ether oxygens (including phenoxy) is 1. The predicted molar refractivity (Wildman–Crippen MR) is 118 cm³/mol. The number of anilines is 1. The second-order valence-electron chi connectivity index (χ2n) is 6.39. The quantitative estimate of drug-likeness (QED) is 0.372. The average Bonchev–Trinajstić information content (AvgIpc) is 3.41. The lowest BCUT2D eigenvalue weighted by molar-refractivity contribution is -0.118. The van der Waals surface area contributed by atoms with Gasteiger partial charge in [0.25, 0.3) is 0 Å². The first kappa shape index (κ1) is 19.5. The number of fused-ring (bicyclic) bond motifs is 1. The molecule has 0 saturated carbocycles. The fraction of sp³-hybridized carbons (Fsp3) is 0.182. The van der Waals surface area contributed by atoms with Crippen LogP contribution in [0, 0.1) is 0 Å². The Labute approximate surface area is 177 Å². The first-order chi connectivity index (χ1) is 14.2. The van der Waals surface area contributed by atoms with Gasteiger partial charge in [0.2, 0.25) is 5.91 Å². The SMILES string of the molecule is COc1cccc2sc(N(Cc3ccco3)C(=O)Cc3ccc(SC)cc3)nc12. The average molecular weight is 425 g/mol. The first-order valence-electron chi connectivity index (χ1n) is 9.07. The highest BCUT2D eigenvalue weighted by Gasteiger charge is 2.22. The Bertz CT molecular complexity index is 1110. The number of para-hydroxylation sites is 1. The molecule has 4 rings (SSSR count). The number of nitrogens with zero attached hydrogens (tertiary/aromatic N) is 2. The summed E-state index contributed by atoms with van der Waals surface area (Å²) in [6.45, 7) is 0.330. The van der Waals surface area contributed by atoms with Gasteiger partial charge in [-0.15, -0.1) is 11.8 Å². The van der Waals surface area contributed by atoms with E-state index in [0.717, 1.165) is 15.8 Å². The van der Waals surface area contributed by atoms with Crippen molar-refractivity contribution in [2.24, 2.45) is 0 Å². The van der Waals surface area contributed by atoms with Crippen molar-refractivity contribution in [2.75, 3.05) is 18.3 Å². The highest BCUT2D eigenvalue weighted by molar-refractivity contribution is 7.98. The van der Waals surface area contributed by atoms with Crippen LogP contribution in [0.2, 0.25) is 0 Å². The number of carbonyl (C=O) groups is 1. The van der Waals surface area contributed by atoms with E-state index in [0.29, 0.717) is 29.6 Å². The van der Waals surface area contributed by atoms with E-state index in [2.05, 4.69) is 0 Å². The zero-order valence-corrected chi connectivity index (χ0v) is 17.8. The zero-order valence-electron chi connectivity index (χ0n) is 16.1. The minimum Gasteiger partial charge on any atom is -0.494 e. The summed E-state index contributed by atoms with van der Waals surface area (Å²) in [4.78, 5) is 20.8. The number of benzene rings is 2. The molecule has 0 N–H and O–H groups in total. The molecule has 0 saturated heterocycles. The molecular weight excluding hydrogens is 404 g/mol. The number of aromatic nitrogens is 1. The van der Waals surface area contributed by atoms with Gasteiger partial charge < -0.3 is 9.15 Å². The maximum Gasteiger partial charge on any atom is 0.233 e. The largest absolute Gasteiger partial charge is 0.494 e. The lowest BCUT2D eigenvalue weighted by Crippen LogP contribution is -2.31. The second kappa shape index (κ2) is 8.71. The number of hydrogen-bond acceptors (Lipinski definition) is 6. The molecule has 0 aliphatic heterocycles. The van der Waals surface area contributed by atoms with E-state index in [4.69, 9.17) is 14.1 Å². The van der Waals surface area contributed by atoms with Gasteiger partial charge in [0.05, 0.1) is 31.0 Å². The molecule has 4 aromatic rings. The van der Waals surface area contributed by atoms with Crippen molar-refractivity contribution < 1.29 is 13.9 Å². The zero-order chi connectivity index (χ0) is 20.2. The summed E-state index contributed by atoms with van der Waals surface area (Å²) >= 11 is 3.15. The summed E-state index contributed by atoms with van der Waals surface area (Å²) in [6, 6.07) is 17.5. The summed E-state index contributed by atoms with van der Waals surface area (Å²) < 4.78 is 11.9. The van der Waals surface area contributed by atoms with Gasteiger partial charge in [-0.3, -0.25) is 9.69 Å². The molecule has 29 heavy (non-hydrogen) atoms. The number of carbonyl (C=O) groups excluding carboxylic acids is 1. The molecule has 0 atom stereocenters. The molecule has 7 heteroatoms. The fourth-order valence-corrected chi connectivity index (χ4v) is 4.43. The monoisotopic (exact) mass is 424 g/mol. The Morgan fingerprint density at radius 3 is 2.69 bits per heavy atom. The lowest BCUT2D eigenvalue weighted by atomic mass is 10.1. The highest BCUT2D eigenvalue weighted by Crippen LogP contribution is 2.35. The van der Waals surface area contributed by atoms with Gasteiger partial charge in [0.15, 0.2) is 5.13 Å². The van der Waals surface area contributed by atoms with Crippen LogP contribution in [0.15, 0.2) is 70.2 Å². The number of rotatable bonds is 7. The number of furan rings is 1. The van der Waals surface area contributed by atoms with E-state index >= 15 is 0 Å². The van der Waals surface area contributed by atoms with Crippen molar-refractivity contribution >= 4 is 44.4 Å². The molecule has 0 radical (unpaired) electrons. The third kappa shape index (κ3) is 4.31. The van der Waals surface area contributed by atoms with E-state index in [1.807, 2.05) is 60.9 Å². The van der Waals surface area contributed by atoms with E-state index in [1.54, 1.807) is 30.0 Å². The van der Waals surface area contributed by atoms with Crippen LogP contribution in [0.25, 0.3) is 10.2 Å². The maximum absolute atomic E-state index is 13.2. The molecule has 2 aromatic carbocycles. The van der Waals surface area contributed by atoms with E-state index < -0.39 is 0 Å². The van der Waals surface area contributed by atoms with Gasteiger partial charge in [0.1, 0.15) is 17.0 Å². The van der Waals surface area contributed by atoms with Crippen LogP contribution in [-0.4, -0.2) is 24.3 Å². The molecule has 5 nitrogen and oxygen atoms in total. The van der Waals surface area contributed by atoms with Crippen LogP contribution >= 0.6 is 23.1 Å². The minimum absolute atomic E-state index is 0.0312. The molecule has 2 heterocycles. The smallest absolute Gasteiger partial charge is 0.233 e. The number of methoxy groups -OCH3 is 1. The Kier molecular flexibility index (Phi) is 5.87. The molecule has 148 valence electrons. The van der Waals surface area contributed by atoms with Crippen LogP contribution < -0.4 is 9.64 Å². The van der Waals surface area contributed by atoms with Crippen molar-refractivity contribution in [3.05, 3.63) is 72.2 Å². The summed E-state index contributed by atoms with van der Waals surface area (Å²) in [7, 11) is 1.62. The van der Waals surface area contributed by atoms with Gasteiger partial charge in [-0.05, 0) is 48.2 Å². The summed E-state index contributed by atoms with van der Waals surface area (Å²) in [6.07, 6.45) is 3.94. The van der Waals surface area contributed by atoms with Gasteiger partial charge in [-0.25, -0.2) is 4.98 Å². The minimum atomic E-state index is -0.0312. The fourth-order valence-electron chi connectivity index (χ4n) is 3.03. The van der Waals surface area contributed by atoms with Gasteiger partial charge >= 0.3 is 0 Å². The van der Waals surface area contributed by atoms with Crippen LogP contribution in [0.5, 0.6) is 5.75 Å². The molecule has 1 amide bonds. The molecule has 0 unspecified atom stereocenters. The summed E-state index contributed by atoms with van der Waals surface area (Å²) in [5.74, 6) is 1.38. The molecule has 0 fully saturated rings. The Balaban J connectivity index is 1.66. The molecular formula is C22H20N2O3S2. The standard InChI is InChI=1S/C22H20N2O3S2/c1-26-18-6-3-7-19-21(18)23-22(29-19)24(14-16-5-4-12-27-16)20(25)13-15-8-10-17(28-2)11-9-15/h3-12H,13-14H2,1-2H3. The van der Waals surface area contributed by atoms with Crippen molar-refractivity contribution in [2.45, 2.75) is 17.9 Å². The highest BCUT2D eigenvalue weighted by atomic mass is 32.2. The third-order valence-corrected chi connectivity index (χ3v) is 6.32. The van der Waals surface area contributed by atoms with Crippen molar-refractivity contribution in [3.8, 4) is 5.75 Å². The molecule has 0 aliphatic carbocycles. The first-order valence-corrected chi connectivity index (χ1v) is 11.1.